The van der Waals surface area contributed by atoms with Crippen molar-refractivity contribution in [2.45, 2.75) is 71.1 Å². The van der Waals surface area contributed by atoms with Gasteiger partial charge in [-0.3, -0.25) is 14.3 Å². The van der Waals surface area contributed by atoms with Crippen LogP contribution in [0.15, 0.2) is 0 Å². The Hall–Kier alpha value is -2.06. The molecule has 2 N–H and O–H groups in total. The first kappa shape index (κ1) is 20.3. The molecule has 1 unspecified atom stereocenters. The summed E-state index contributed by atoms with van der Waals surface area (Å²) < 4.78 is 38.8. The van der Waals surface area contributed by atoms with Crippen molar-refractivity contribution in [3.63, 3.8) is 0 Å². The van der Waals surface area contributed by atoms with Crippen molar-refractivity contribution in [2.75, 3.05) is 0 Å². The van der Waals surface area contributed by atoms with Crippen molar-refractivity contribution >= 4 is 11.9 Å². The Morgan fingerprint density at radius 2 is 1.85 bits per heavy atom. The molecule has 6 nitrogen and oxygen atoms in total. The van der Waals surface area contributed by atoms with E-state index in [2.05, 4.69) is 10.4 Å². The molecule has 1 aromatic rings. The molecule has 1 saturated carbocycles. The summed E-state index contributed by atoms with van der Waals surface area (Å²) in [5.41, 5.74) is 1.24. The maximum Gasteiger partial charge on any atom is 0.408 e. The largest absolute Gasteiger partial charge is 0.481 e. The molecule has 1 aliphatic rings. The summed E-state index contributed by atoms with van der Waals surface area (Å²) in [7, 11) is 0. The number of aryl methyl sites for hydroxylation is 1. The minimum atomic E-state index is -4.38. The molecule has 1 aliphatic carbocycles. The number of halogens is 3. The van der Waals surface area contributed by atoms with Crippen LogP contribution in [0.2, 0.25) is 0 Å². The highest BCUT2D eigenvalue weighted by Crippen LogP contribution is 2.28. The van der Waals surface area contributed by atoms with Gasteiger partial charge in [0.2, 0.25) is 5.91 Å². The number of nitrogens with one attached hydrogen (secondary N) is 1. The second-order valence-electron chi connectivity index (χ2n) is 6.97. The summed E-state index contributed by atoms with van der Waals surface area (Å²) in [6.07, 6.45) is -2.19. The minimum absolute atomic E-state index is 0.105. The van der Waals surface area contributed by atoms with Crippen LogP contribution in [-0.2, 0) is 16.1 Å². The Bertz CT molecular complexity index is 677. The Balaban J connectivity index is 2.03. The van der Waals surface area contributed by atoms with E-state index in [1.54, 1.807) is 13.8 Å². The van der Waals surface area contributed by atoms with Crippen molar-refractivity contribution in [1.82, 2.24) is 15.1 Å². The van der Waals surface area contributed by atoms with E-state index < -0.39 is 24.6 Å². The van der Waals surface area contributed by atoms with Gasteiger partial charge in [-0.25, -0.2) is 0 Å². The fraction of sp³-hybridized carbons (Fsp3) is 0.706. The number of amides is 1. The fourth-order valence-electron chi connectivity index (χ4n) is 3.60. The van der Waals surface area contributed by atoms with Gasteiger partial charge in [-0.15, -0.1) is 0 Å². The van der Waals surface area contributed by atoms with Gasteiger partial charge in [-0.1, -0.05) is 0 Å². The lowest BCUT2D eigenvalue weighted by molar-refractivity contribution is -0.143. The van der Waals surface area contributed by atoms with E-state index in [1.807, 2.05) is 0 Å². The third-order valence-corrected chi connectivity index (χ3v) is 5.02. The van der Waals surface area contributed by atoms with Crippen LogP contribution in [0.3, 0.4) is 0 Å². The maximum absolute atomic E-state index is 12.6. The standard InChI is InChI=1S/C17H24F3N3O3/c1-9(14-10(2)22-23(11(14)3)8-17(18,19)20)15(24)21-13-6-4-12(5-7-13)16(25)26/h9,12-13H,4-8H2,1-3H3,(H,21,24)(H,25,26). The third-order valence-electron chi connectivity index (χ3n) is 5.02. The molecule has 0 bridgehead atoms. The van der Waals surface area contributed by atoms with Gasteiger partial charge in [-0.05, 0) is 46.5 Å². The molecule has 1 atom stereocenters. The van der Waals surface area contributed by atoms with E-state index in [0.29, 0.717) is 42.6 Å². The van der Waals surface area contributed by atoms with Crippen LogP contribution in [0.1, 0.15) is 55.5 Å². The Morgan fingerprint density at radius 3 is 2.35 bits per heavy atom. The smallest absolute Gasteiger partial charge is 0.408 e. The summed E-state index contributed by atoms with van der Waals surface area (Å²) in [5, 5.41) is 15.8. The monoisotopic (exact) mass is 375 g/mol. The summed E-state index contributed by atoms with van der Waals surface area (Å²) in [6, 6.07) is -0.105. The molecule has 146 valence electrons. The SMILES string of the molecule is Cc1nn(CC(F)(F)F)c(C)c1C(C)C(=O)NC1CCC(C(=O)O)CC1. The molecule has 9 heteroatoms. The van der Waals surface area contributed by atoms with Crippen molar-refractivity contribution in [3.05, 3.63) is 17.0 Å². The average molecular weight is 375 g/mol. The van der Waals surface area contributed by atoms with E-state index in [9.17, 15) is 22.8 Å². The van der Waals surface area contributed by atoms with E-state index in [-0.39, 0.29) is 17.9 Å². The van der Waals surface area contributed by atoms with Crippen LogP contribution < -0.4 is 5.32 Å². The molecule has 0 aromatic carbocycles. The highest BCUT2D eigenvalue weighted by Gasteiger charge is 2.32. The van der Waals surface area contributed by atoms with Gasteiger partial charge in [-0.2, -0.15) is 18.3 Å². The first-order valence-corrected chi connectivity index (χ1v) is 8.63. The average Bonchev–Trinajstić information content (AvgIpc) is 2.79. The van der Waals surface area contributed by atoms with Gasteiger partial charge < -0.3 is 10.4 Å². The van der Waals surface area contributed by atoms with E-state index >= 15 is 0 Å². The number of alkyl halides is 3. The zero-order chi connectivity index (χ0) is 19.6. The zero-order valence-corrected chi connectivity index (χ0v) is 15.1. The number of aromatic nitrogens is 2. The molecule has 0 spiro atoms. The lowest BCUT2D eigenvalue weighted by Crippen LogP contribution is -2.40. The Labute approximate surface area is 149 Å². The number of carboxylic acids is 1. The van der Waals surface area contributed by atoms with Crippen LogP contribution in [-0.4, -0.2) is 39.0 Å². The van der Waals surface area contributed by atoms with Gasteiger partial charge in [0.25, 0.3) is 0 Å². The summed E-state index contributed by atoms with van der Waals surface area (Å²) in [6.45, 7) is 3.58. The number of nitrogens with zero attached hydrogens (tertiary/aromatic N) is 2. The third kappa shape index (κ3) is 4.76. The van der Waals surface area contributed by atoms with Gasteiger partial charge in [0.15, 0.2) is 0 Å². The van der Waals surface area contributed by atoms with Crippen LogP contribution in [0.25, 0.3) is 0 Å². The lowest BCUT2D eigenvalue weighted by Gasteiger charge is -2.28. The number of hydrogen-bond donors (Lipinski definition) is 2. The number of hydrogen-bond acceptors (Lipinski definition) is 3. The van der Waals surface area contributed by atoms with Crippen molar-refractivity contribution < 1.29 is 27.9 Å². The summed E-state index contributed by atoms with van der Waals surface area (Å²) >= 11 is 0. The molecular weight excluding hydrogens is 351 g/mol. The lowest BCUT2D eigenvalue weighted by atomic mass is 9.85. The molecule has 1 fully saturated rings. The number of carbonyl (C=O) groups excluding carboxylic acids is 1. The van der Waals surface area contributed by atoms with E-state index in [0.717, 1.165) is 4.68 Å². The fourth-order valence-corrected chi connectivity index (χ4v) is 3.60. The van der Waals surface area contributed by atoms with Gasteiger partial charge >= 0.3 is 12.1 Å². The Kier molecular flexibility index (Phi) is 5.98. The Morgan fingerprint density at radius 1 is 1.27 bits per heavy atom. The normalized spacial score (nSPS) is 22.1. The zero-order valence-electron chi connectivity index (χ0n) is 15.1. The second kappa shape index (κ2) is 7.67. The molecule has 1 heterocycles. The summed E-state index contributed by atoms with van der Waals surface area (Å²) in [4.78, 5) is 23.5. The molecule has 2 rings (SSSR count). The first-order chi connectivity index (χ1) is 12.0. The van der Waals surface area contributed by atoms with E-state index in [4.69, 9.17) is 5.11 Å². The first-order valence-electron chi connectivity index (χ1n) is 8.63. The molecule has 0 saturated heterocycles. The molecule has 0 radical (unpaired) electrons. The minimum Gasteiger partial charge on any atom is -0.481 e. The predicted molar refractivity (Wildman–Crippen MR) is 87.7 cm³/mol. The highest BCUT2D eigenvalue weighted by atomic mass is 19.4. The van der Waals surface area contributed by atoms with Crippen molar-refractivity contribution in [3.8, 4) is 0 Å². The van der Waals surface area contributed by atoms with Gasteiger partial charge in [0.05, 0.1) is 17.5 Å². The highest BCUT2D eigenvalue weighted by molar-refractivity contribution is 5.84. The topological polar surface area (TPSA) is 84.2 Å². The van der Waals surface area contributed by atoms with Crippen LogP contribution >= 0.6 is 0 Å². The summed E-state index contributed by atoms with van der Waals surface area (Å²) in [5.74, 6) is -2.09. The quantitative estimate of drug-likeness (QED) is 0.829. The molecule has 1 aromatic heterocycles. The number of carbonyl (C=O) groups is 2. The van der Waals surface area contributed by atoms with Crippen molar-refractivity contribution in [2.24, 2.45) is 5.92 Å². The van der Waals surface area contributed by atoms with E-state index in [1.165, 1.54) is 6.92 Å². The van der Waals surface area contributed by atoms with Gasteiger partial charge in [0, 0.05) is 17.3 Å². The molecular formula is C17H24F3N3O3. The number of rotatable bonds is 5. The van der Waals surface area contributed by atoms with Crippen LogP contribution in [0.5, 0.6) is 0 Å². The van der Waals surface area contributed by atoms with Crippen LogP contribution in [0, 0.1) is 19.8 Å². The van der Waals surface area contributed by atoms with Crippen LogP contribution in [0.4, 0.5) is 13.2 Å². The predicted octanol–water partition coefficient (Wildman–Crippen LogP) is 2.93. The van der Waals surface area contributed by atoms with Crippen molar-refractivity contribution in [1.29, 1.82) is 0 Å². The molecule has 1 amide bonds. The second-order valence-corrected chi connectivity index (χ2v) is 6.97. The molecule has 26 heavy (non-hydrogen) atoms. The number of carboxylic acid groups (broad SMARTS) is 1. The number of aliphatic carboxylic acids is 1. The molecule has 0 aliphatic heterocycles. The van der Waals surface area contributed by atoms with Gasteiger partial charge in [0.1, 0.15) is 6.54 Å². The maximum atomic E-state index is 12.6.